The monoisotopic (exact) mass is 309 g/mol. The number of pyridine rings is 1. The highest BCUT2D eigenvalue weighted by atomic mass is 16.5. The quantitative estimate of drug-likeness (QED) is 0.678. The fourth-order valence-corrected chi connectivity index (χ4v) is 2.00. The second kappa shape index (κ2) is 6.74. The molecule has 0 fully saturated rings. The summed E-state index contributed by atoms with van der Waals surface area (Å²) in [6.07, 6.45) is 3.33. The summed E-state index contributed by atoms with van der Waals surface area (Å²) in [5.74, 6) is 0.0391. The lowest BCUT2D eigenvalue weighted by atomic mass is 10.3. The van der Waals surface area contributed by atoms with Crippen LogP contribution in [-0.4, -0.2) is 27.8 Å². The third-order valence-corrected chi connectivity index (χ3v) is 3.20. The minimum Gasteiger partial charge on any atom is -0.481 e. The zero-order valence-corrected chi connectivity index (χ0v) is 12.5. The van der Waals surface area contributed by atoms with Crippen molar-refractivity contribution >= 4 is 5.97 Å². The van der Waals surface area contributed by atoms with Crippen LogP contribution in [0.15, 0.2) is 60.9 Å². The predicted molar refractivity (Wildman–Crippen MR) is 83.5 cm³/mol. The average Bonchev–Trinajstić information content (AvgIpc) is 3.11. The van der Waals surface area contributed by atoms with E-state index in [0.29, 0.717) is 5.88 Å². The summed E-state index contributed by atoms with van der Waals surface area (Å²) in [5.41, 5.74) is 1.92. The van der Waals surface area contributed by atoms with Crippen LogP contribution in [0.1, 0.15) is 16.1 Å². The average molecular weight is 309 g/mol. The van der Waals surface area contributed by atoms with Crippen molar-refractivity contribution in [1.82, 2.24) is 14.8 Å². The van der Waals surface area contributed by atoms with Gasteiger partial charge in [-0.15, -0.1) is 0 Å². The Kier molecular flexibility index (Phi) is 4.33. The lowest BCUT2D eigenvalue weighted by molar-refractivity contribution is 0.0465. The van der Waals surface area contributed by atoms with Crippen LogP contribution in [0.3, 0.4) is 0 Å². The van der Waals surface area contributed by atoms with E-state index in [1.54, 1.807) is 42.4 Å². The van der Waals surface area contributed by atoms with Gasteiger partial charge in [-0.05, 0) is 24.3 Å². The molecule has 0 N–H and O–H groups in total. The molecule has 0 amide bonds. The first-order valence-corrected chi connectivity index (χ1v) is 7.03. The molecule has 23 heavy (non-hydrogen) atoms. The number of carbonyl (C=O) groups is 1. The Bertz CT molecular complexity index is 782. The molecule has 3 aromatic rings. The molecule has 6 heteroatoms. The van der Waals surface area contributed by atoms with Gasteiger partial charge in [-0.2, -0.15) is 5.10 Å². The van der Waals surface area contributed by atoms with E-state index in [1.807, 2.05) is 30.3 Å². The molecule has 0 saturated heterocycles. The van der Waals surface area contributed by atoms with Crippen LogP contribution in [0.5, 0.6) is 5.88 Å². The summed E-state index contributed by atoms with van der Waals surface area (Å²) >= 11 is 0. The number of carbonyl (C=O) groups excluding carboxylic acids is 1. The highest BCUT2D eigenvalue weighted by Gasteiger charge is 2.12. The normalized spacial score (nSPS) is 10.3. The molecule has 0 aliphatic carbocycles. The summed E-state index contributed by atoms with van der Waals surface area (Å²) in [6.45, 7) is 0.133. The number of esters is 1. The topological polar surface area (TPSA) is 66.2 Å². The van der Waals surface area contributed by atoms with E-state index in [0.717, 1.165) is 11.3 Å². The van der Waals surface area contributed by atoms with Crippen molar-refractivity contribution in [1.29, 1.82) is 0 Å². The summed E-state index contributed by atoms with van der Waals surface area (Å²) in [4.78, 5) is 16.1. The van der Waals surface area contributed by atoms with Crippen LogP contribution in [0, 0.1) is 0 Å². The number of hydrogen-bond donors (Lipinski definition) is 0. The van der Waals surface area contributed by atoms with Crippen molar-refractivity contribution in [3.05, 3.63) is 72.2 Å². The first-order valence-electron chi connectivity index (χ1n) is 7.03. The highest BCUT2D eigenvalue weighted by Crippen LogP contribution is 2.10. The van der Waals surface area contributed by atoms with Gasteiger partial charge in [-0.1, -0.05) is 18.2 Å². The molecule has 116 valence electrons. The lowest BCUT2D eigenvalue weighted by Gasteiger charge is -2.04. The Morgan fingerprint density at radius 2 is 1.96 bits per heavy atom. The summed E-state index contributed by atoms with van der Waals surface area (Å²) in [7, 11) is 1.55. The fourth-order valence-electron chi connectivity index (χ4n) is 2.00. The smallest absolute Gasteiger partial charge is 0.359 e. The van der Waals surface area contributed by atoms with E-state index in [9.17, 15) is 4.79 Å². The minimum absolute atomic E-state index is 0.133. The number of rotatable bonds is 5. The third kappa shape index (κ3) is 3.55. The molecule has 0 atom stereocenters. The number of hydrogen-bond acceptors (Lipinski definition) is 5. The first-order chi connectivity index (χ1) is 11.3. The predicted octanol–water partition coefficient (Wildman–Crippen LogP) is 2.63. The molecule has 2 heterocycles. The van der Waals surface area contributed by atoms with E-state index in [4.69, 9.17) is 9.47 Å². The lowest BCUT2D eigenvalue weighted by Crippen LogP contribution is -2.07. The maximum absolute atomic E-state index is 12.0. The van der Waals surface area contributed by atoms with E-state index in [2.05, 4.69) is 10.1 Å². The van der Waals surface area contributed by atoms with Crippen LogP contribution < -0.4 is 4.74 Å². The number of methoxy groups -OCH3 is 1. The molecule has 1 aromatic carbocycles. The van der Waals surface area contributed by atoms with Crippen molar-refractivity contribution in [2.24, 2.45) is 0 Å². The van der Waals surface area contributed by atoms with Crippen LogP contribution >= 0.6 is 0 Å². The molecule has 3 rings (SSSR count). The molecule has 0 unspecified atom stereocenters. The number of nitrogens with zero attached hydrogens (tertiary/aromatic N) is 3. The van der Waals surface area contributed by atoms with Crippen molar-refractivity contribution < 1.29 is 14.3 Å². The zero-order valence-electron chi connectivity index (χ0n) is 12.5. The number of aromatic nitrogens is 3. The zero-order chi connectivity index (χ0) is 16.1. The summed E-state index contributed by atoms with van der Waals surface area (Å²) in [5, 5.41) is 4.23. The maximum atomic E-state index is 12.0. The van der Waals surface area contributed by atoms with Gasteiger partial charge in [0.25, 0.3) is 0 Å². The molecular formula is C17H15N3O3. The van der Waals surface area contributed by atoms with Gasteiger partial charge in [0, 0.05) is 24.0 Å². The minimum atomic E-state index is -0.476. The first kappa shape index (κ1) is 14.8. The Labute approximate surface area is 133 Å². The van der Waals surface area contributed by atoms with Gasteiger partial charge in [-0.3, -0.25) is 0 Å². The number of benzene rings is 1. The second-order valence-corrected chi connectivity index (χ2v) is 4.77. The molecule has 0 bridgehead atoms. The molecule has 6 nitrogen and oxygen atoms in total. The SMILES string of the molecule is COc1ccc(COC(=O)c2ccn(-c3ccccc3)n2)cn1. The van der Waals surface area contributed by atoms with Gasteiger partial charge < -0.3 is 9.47 Å². The number of ether oxygens (including phenoxy) is 2. The fraction of sp³-hybridized carbons (Fsp3) is 0.118. The number of para-hydroxylation sites is 1. The molecular weight excluding hydrogens is 294 g/mol. The van der Waals surface area contributed by atoms with E-state index < -0.39 is 5.97 Å². The van der Waals surface area contributed by atoms with E-state index in [1.165, 1.54) is 0 Å². The Morgan fingerprint density at radius 3 is 2.65 bits per heavy atom. The van der Waals surface area contributed by atoms with Crippen LogP contribution in [0.4, 0.5) is 0 Å². The standard InChI is InChI=1S/C17H15N3O3/c1-22-16-8-7-13(11-18-16)12-23-17(21)15-9-10-20(19-15)14-5-3-2-4-6-14/h2-11H,12H2,1H3. The summed E-state index contributed by atoms with van der Waals surface area (Å²) < 4.78 is 11.8. The van der Waals surface area contributed by atoms with Gasteiger partial charge >= 0.3 is 5.97 Å². The molecule has 0 aliphatic rings. The van der Waals surface area contributed by atoms with Gasteiger partial charge in [-0.25, -0.2) is 14.5 Å². The van der Waals surface area contributed by atoms with Gasteiger partial charge in [0.1, 0.15) is 6.61 Å². The van der Waals surface area contributed by atoms with Crippen LogP contribution in [0.2, 0.25) is 0 Å². The van der Waals surface area contributed by atoms with Gasteiger partial charge in [0.2, 0.25) is 5.88 Å². The van der Waals surface area contributed by atoms with Crippen molar-refractivity contribution in [2.75, 3.05) is 7.11 Å². The van der Waals surface area contributed by atoms with E-state index in [-0.39, 0.29) is 12.3 Å². The van der Waals surface area contributed by atoms with Gasteiger partial charge in [0.15, 0.2) is 5.69 Å². The Hall–Kier alpha value is -3.15. The highest BCUT2D eigenvalue weighted by molar-refractivity contribution is 5.87. The van der Waals surface area contributed by atoms with Crippen LogP contribution in [0.25, 0.3) is 5.69 Å². The summed E-state index contributed by atoms with van der Waals surface area (Å²) in [6, 6.07) is 14.7. The maximum Gasteiger partial charge on any atom is 0.359 e. The van der Waals surface area contributed by atoms with Crippen LogP contribution in [-0.2, 0) is 11.3 Å². The third-order valence-electron chi connectivity index (χ3n) is 3.20. The van der Waals surface area contributed by atoms with Crippen molar-refractivity contribution in [2.45, 2.75) is 6.61 Å². The molecule has 0 radical (unpaired) electrons. The van der Waals surface area contributed by atoms with Gasteiger partial charge in [0.05, 0.1) is 12.8 Å². The van der Waals surface area contributed by atoms with Crippen molar-refractivity contribution in [3.63, 3.8) is 0 Å². The Balaban J connectivity index is 1.63. The molecule has 2 aromatic heterocycles. The molecule has 0 aliphatic heterocycles. The Morgan fingerprint density at radius 1 is 1.13 bits per heavy atom. The molecule has 0 spiro atoms. The van der Waals surface area contributed by atoms with Crippen molar-refractivity contribution in [3.8, 4) is 11.6 Å². The van der Waals surface area contributed by atoms with E-state index >= 15 is 0 Å². The largest absolute Gasteiger partial charge is 0.481 e. The molecule has 0 saturated carbocycles. The second-order valence-electron chi connectivity index (χ2n) is 4.77.